The monoisotopic (exact) mass is 358 g/mol. The van der Waals surface area contributed by atoms with Crippen molar-refractivity contribution >= 4 is 5.91 Å². The minimum absolute atomic E-state index is 0.145. The summed E-state index contributed by atoms with van der Waals surface area (Å²) in [4.78, 5) is 12.3. The van der Waals surface area contributed by atoms with E-state index in [1.165, 1.54) is 0 Å². The Balaban J connectivity index is 1.52. The van der Waals surface area contributed by atoms with Gasteiger partial charge in [0.1, 0.15) is 5.69 Å². The fourth-order valence-electron chi connectivity index (χ4n) is 3.17. The van der Waals surface area contributed by atoms with Crippen LogP contribution in [0.5, 0.6) is 11.5 Å². The SMILES string of the molecule is COc1ccc(CCNC(=O)c2ccn(C3CCCNC3)n2)cc1OC. The first-order valence-electron chi connectivity index (χ1n) is 8.96. The van der Waals surface area contributed by atoms with Crippen LogP contribution in [0.4, 0.5) is 0 Å². The zero-order valence-electron chi connectivity index (χ0n) is 15.3. The lowest BCUT2D eigenvalue weighted by atomic mass is 10.1. The summed E-state index contributed by atoms with van der Waals surface area (Å²) in [6.45, 7) is 2.50. The van der Waals surface area contributed by atoms with Crippen LogP contribution in [0.3, 0.4) is 0 Å². The lowest BCUT2D eigenvalue weighted by Gasteiger charge is -2.22. The Hall–Kier alpha value is -2.54. The van der Waals surface area contributed by atoms with Crippen LogP contribution in [0, 0.1) is 0 Å². The van der Waals surface area contributed by atoms with E-state index in [0.717, 1.165) is 31.5 Å². The molecule has 1 fully saturated rings. The van der Waals surface area contributed by atoms with Gasteiger partial charge in [-0.2, -0.15) is 5.10 Å². The molecule has 2 aromatic rings. The van der Waals surface area contributed by atoms with E-state index in [4.69, 9.17) is 9.47 Å². The van der Waals surface area contributed by atoms with Gasteiger partial charge in [-0.25, -0.2) is 0 Å². The number of carbonyl (C=O) groups excluding carboxylic acids is 1. The smallest absolute Gasteiger partial charge is 0.271 e. The van der Waals surface area contributed by atoms with E-state index in [1.807, 2.05) is 29.1 Å². The Morgan fingerprint density at radius 1 is 1.31 bits per heavy atom. The number of nitrogens with zero attached hydrogens (tertiary/aromatic N) is 2. The van der Waals surface area contributed by atoms with Crippen LogP contribution < -0.4 is 20.1 Å². The summed E-state index contributed by atoms with van der Waals surface area (Å²) in [5.41, 5.74) is 1.53. The molecule has 1 aromatic carbocycles. The summed E-state index contributed by atoms with van der Waals surface area (Å²) in [7, 11) is 3.22. The fraction of sp³-hybridized carbons (Fsp3) is 0.474. The first-order chi connectivity index (χ1) is 12.7. The number of hydrogen-bond donors (Lipinski definition) is 2. The van der Waals surface area contributed by atoms with Crippen molar-refractivity contribution in [2.45, 2.75) is 25.3 Å². The third-order valence-electron chi connectivity index (χ3n) is 4.63. The summed E-state index contributed by atoms with van der Waals surface area (Å²) in [6.07, 6.45) is 4.83. The van der Waals surface area contributed by atoms with Gasteiger partial charge >= 0.3 is 0 Å². The molecule has 7 heteroatoms. The average Bonchev–Trinajstić information content (AvgIpc) is 3.19. The summed E-state index contributed by atoms with van der Waals surface area (Å²) in [5, 5.41) is 10.7. The van der Waals surface area contributed by atoms with Gasteiger partial charge in [0, 0.05) is 19.3 Å². The van der Waals surface area contributed by atoms with E-state index in [0.29, 0.717) is 36.2 Å². The molecule has 140 valence electrons. The van der Waals surface area contributed by atoms with Gasteiger partial charge in [0.15, 0.2) is 11.5 Å². The summed E-state index contributed by atoms with van der Waals surface area (Å²) < 4.78 is 12.4. The molecule has 0 radical (unpaired) electrons. The summed E-state index contributed by atoms with van der Waals surface area (Å²) in [5.74, 6) is 1.24. The molecular formula is C19H26N4O3. The van der Waals surface area contributed by atoms with Crippen LogP contribution in [-0.2, 0) is 6.42 Å². The third kappa shape index (κ3) is 4.35. The molecule has 2 N–H and O–H groups in total. The minimum atomic E-state index is -0.145. The molecular weight excluding hydrogens is 332 g/mol. The molecule has 0 bridgehead atoms. The van der Waals surface area contributed by atoms with Gasteiger partial charge in [-0.15, -0.1) is 0 Å². The molecule has 0 saturated carbocycles. The van der Waals surface area contributed by atoms with Gasteiger partial charge in [0.2, 0.25) is 0 Å². The average molecular weight is 358 g/mol. The standard InChI is InChI=1S/C19H26N4O3/c1-25-17-6-5-14(12-18(17)26-2)7-10-21-19(24)16-8-11-23(22-16)15-4-3-9-20-13-15/h5-6,8,11-12,15,20H,3-4,7,9-10,13H2,1-2H3,(H,21,24). The molecule has 2 heterocycles. The van der Waals surface area contributed by atoms with Gasteiger partial charge in [-0.1, -0.05) is 6.07 Å². The van der Waals surface area contributed by atoms with E-state index >= 15 is 0 Å². The maximum Gasteiger partial charge on any atom is 0.271 e. The number of carbonyl (C=O) groups is 1. The molecule has 1 aliphatic rings. The predicted octanol–water partition coefficient (Wildman–Crippen LogP) is 1.80. The molecule has 0 spiro atoms. The summed E-state index contributed by atoms with van der Waals surface area (Å²) >= 11 is 0. The third-order valence-corrected chi connectivity index (χ3v) is 4.63. The Bertz CT molecular complexity index is 738. The van der Waals surface area contributed by atoms with Crippen molar-refractivity contribution in [3.05, 3.63) is 41.7 Å². The minimum Gasteiger partial charge on any atom is -0.493 e. The normalized spacial score (nSPS) is 16.9. The Labute approximate surface area is 153 Å². The van der Waals surface area contributed by atoms with Gasteiger partial charge < -0.3 is 20.1 Å². The number of benzene rings is 1. The van der Waals surface area contributed by atoms with Crippen molar-refractivity contribution in [1.82, 2.24) is 20.4 Å². The Morgan fingerprint density at radius 2 is 2.15 bits per heavy atom. The largest absolute Gasteiger partial charge is 0.493 e. The lowest BCUT2D eigenvalue weighted by Crippen LogP contribution is -2.32. The molecule has 1 saturated heterocycles. The second-order valence-corrected chi connectivity index (χ2v) is 6.38. The Kier molecular flexibility index (Phi) is 6.12. The maximum atomic E-state index is 12.3. The van der Waals surface area contributed by atoms with E-state index in [1.54, 1.807) is 20.3 Å². The van der Waals surface area contributed by atoms with Crippen LogP contribution in [0.1, 0.15) is 34.9 Å². The fourth-order valence-corrected chi connectivity index (χ4v) is 3.17. The molecule has 3 rings (SSSR count). The Morgan fingerprint density at radius 3 is 2.88 bits per heavy atom. The van der Waals surface area contributed by atoms with Crippen LogP contribution in [-0.4, -0.2) is 49.5 Å². The molecule has 1 unspecified atom stereocenters. The van der Waals surface area contributed by atoms with Crippen molar-refractivity contribution in [2.24, 2.45) is 0 Å². The molecule has 1 aliphatic heterocycles. The van der Waals surface area contributed by atoms with Crippen LogP contribution in [0.2, 0.25) is 0 Å². The van der Waals surface area contributed by atoms with E-state index in [2.05, 4.69) is 15.7 Å². The highest BCUT2D eigenvalue weighted by Crippen LogP contribution is 2.27. The first kappa shape index (κ1) is 18.3. The van der Waals surface area contributed by atoms with Gasteiger partial charge in [0.05, 0.1) is 20.3 Å². The number of piperidine rings is 1. The number of aromatic nitrogens is 2. The zero-order chi connectivity index (χ0) is 18.4. The molecule has 26 heavy (non-hydrogen) atoms. The van der Waals surface area contributed by atoms with E-state index in [9.17, 15) is 4.79 Å². The van der Waals surface area contributed by atoms with Crippen molar-refractivity contribution in [3.8, 4) is 11.5 Å². The van der Waals surface area contributed by atoms with E-state index in [-0.39, 0.29) is 5.91 Å². The zero-order valence-corrected chi connectivity index (χ0v) is 15.3. The van der Waals surface area contributed by atoms with Crippen molar-refractivity contribution < 1.29 is 14.3 Å². The first-order valence-corrected chi connectivity index (χ1v) is 8.96. The van der Waals surface area contributed by atoms with Crippen molar-refractivity contribution in [1.29, 1.82) is 0 Å². The second-order valence-electron chi connectivity index (χ2n) is 6.38. The number of methoxy groups -OCH3 is 2. The van der Waals surface area contributed by atoms with Crippen LogP contribution in [0.15, 0.2) is 30.5 Å². The van der Waals surface area contributed by atoms with Gasteiger partial charge in [0.25, 0.3) is 5.91 Å². The highest BCUT2D eigenvalue weighted by atomic mass is 16.5. The van der Waals surface area contributed by atoms with Crippen molar-refractivity contribution in [3.63, 3.8) is 0 Å². The number of hydrogen-bond acceptors (Lipinski definition) is 5. The number of ether oxygens (including phenoxy) is 2. The molecule has 7 nitrogen and oxygen atoms in total. The highest BCUT2D eigenvalue weighted by Gasteiger charge is 2.17. The molecule has 0 aliphatic carbocycles. The lowest BCUT2D eigenvalue weighted by molar-refractivity contribution is 0.0947. The van der Waals surface area contributed by atoms with Gasteiger partial charge in [-0.3, -0.25) is 9.48 Å². The number of rotatable bonds is 7. The molecule has 1 amide bonds. The second kappa shape index (κ2) is 8.71. The van der Waals surface area contributed by atoms with Gasteiger partial charge in [-0.05, 0) is 49.6 Å². The summed E-state index contributed by atoms with van der Waals surface area (Å²) in [6, 6.07) is 7.88. The topological polar surface area (TPSA) is 77.4 Å². The number of nitrogens with one attached hydrogen (secondary N) is 2. The number of amides is 1. The highest BCUT2D eigenvalue weighted by molar-refractivity contribution is 5.92. The molecule has 1 atom stereocenters. The maximum absolute atomic E-state index is 12.3. The van der Waals surface area contributed by atoms with E-state index < -0.39 is 0 Å². The van der Waals surface area contributed by atoms with Crippen LogP contribution >= 0.6 is 0 Å². The molecule has 1 aromatic heterocycles. The quantitative estimate of drug-likeness (QED) is 0.789. The predicted molar refractivity (Wildman–Crippen MR) is 99.0 cm³/mol. The van der Waals surface area contributed by atoms with Crippen LogP contribution in [0.25, 0.3) is 0 Å². The van der Waals surface area contributed by atoms with Crippen molar-refractivity contribution in [2.75, 3.05) is 33.9 Å².